The molecular weight excluding hydrogens is 352 g/mol. The molecule has 0 fully saturated rings. The van der Waals surface area contributed by atoms with Gasteiger partial charge in [-0.1, -0.05) is 50.3 Å². The maximum atomic E-state index is 11.5. The second-order valence-corrected chi connectivity index (χ2v) is 6.97. The Kier molecular flexibility index (Phi) is 8.27. The van der Waals surface area contributed by atoms with E-state index in [-0.39, 0.29) is 19.8 Å². The van der Waals surface area contributed by atoms with Gasteiger partial charge in [-0.15, -0.1) is 0 Å². The first-order valence-electron chi connectivity index (χ1n) is 9.75. The summed E-state index contributed by atoms with van der Waals surface area (Å²) < 4.78 is 11.1. The van der Waals surface area contributed by atoms with Crippen LogP contribution in [0.2, 0.25) is 0 Å². The second kappa shape index (κ2) is 10.7. The molecule has 150 valence electrons. The summed E-state index contributed by atoms with van der Waals surface area (Å²) >= 11 is 0. The van der Waals surface area contributed by atoms with Crippen LogP contribution in [0.1, 0.15) is 37.0 Å². The van der Waals surface area contributed by atoms with Crippen molar-refractivity contribution in [3.05, 3.63) is 65.2 Å². The first-order chi connectivity index (χ1) is 13.5. The minimum atomic E-state index is -0.416. The van der Waals surface area contributed by atoms with Gasteiger partial charge in [0.05, 0.1) is 0 Å². The molecule has 4 heteroatoms. The lowest BCUT2D eigenvalue weighted by atomic mass is 9.95. The molecule has 0 aliphatic heterocycles. The second-order valence-electron chi connectivity index (χ2n) is 6.97. The summed E-state index contributed by atoms with van der Waals surface area (Å²) in [6, 6.07) is 12.5. The maximum Gasteiger partial charge on any atom is 0.333 e. The van der Waals surface area contributed by atoms with Gasteiger partial charge in [0.25, 0.3) is 0 Å². The molecule has 0 spiro atoms. The van der Waals surface area contributed by atoms with E-state index in [1.165, 1.54) is 11.1 Å². The van der Waals surface area contributed by atoms with Gasteiger partial charge in [0.1, 0.15) is 19.0 Å². The minimum absolute atomic E-state index is 0.0831. The first kappa shape index (κ1) is 21.7. The predicted molar refractivity (Wildman–Crippen MR) is 113 cm³/mol. The van der Waals surface area contributed by atoms with Crippen molar-refractivity contribution >= 4 is 5.97 Å². The van der Waals surface area contributed by atoms with Crippen LogP contribution in [0.4, 0.5) is 0 Å². The topological polar surface area (TPSA) is 55.8 Å². The van der Waals surface area contributed by atoms with Gasteiger partial charge in [-0.05, 0) is 55.0 Å². The number of esters is 1. The Labute approximate surface area is 167 Å². The predicted octanol–water partition coefficient (Wildman–Crippen LogP) is 4.65. The largest absolute Gasteiger partial charge is 0.489 e. The lowest BCUT2D eigenvalue weighted by Gasteiger charge is -2.16. The molecule has 0 bridgehead atoms. The van der Waals surface area contributed by atoms with E-state index in [4.69, 9.17) is 9.47 Å². The highest BCUT2D eigenvalue weighted by Gasteiger charge is 2.12. The van der Waals surface area contributed by atoms with Crippen LogP contribution >= 0.6 is 0 Å². The summed E-state index contributed by atoms with van der Waals surface area (Å²) in [6.07, 6.45) is 2.75. The smallest absolute Gasteiger partial charge is 0.333 e. The van der Waals surface area contributed by atoms with Gasteiger partial charge < -0.3 is 14.6 Å². The third kappa shape index (κ3) is 5.96. The number of aliphatic hydroxyl groups is 1. The first-order valence-corrected chi connectivity index (χ1v) is 9.75. The Morgan fingerprint density at radius 3 is 2.32 bits per heavy atom. The zero-order chi connectivity index (χ0) is 20.5. The van der Waals surface area contributed by atoms with Crippen molar-refractivity contribution in [2.24, 2.45) is 0 Å². The monoisotopic (exact) mass is 382 g/mol. The Bertz CT molecular complexity index is 823. The molecule has 0 saturated heterocycles. The number of ether oxygens (including phenoxy) is 2. The van der Waals surface area contributed by atoms with Crippen molar-refractivity contribution in [2.75, 3.05) is 19.8 Å². The van der Waals surface area contributed by atoms with Gasteiger partial charge >= 0.3 is 5.97 Å². The number of hydrogen-bond acceptors (Lipinski definition) is 4. The molecule has 0 aliphatic carbocycles. The molecule has 2 aromatic rings. The summed E-state index contributed by atoms with van der Waals surface area (Å²) in [7, 11) is 0. The fraction of sp³-hybridized carbons (Fsp3) is 0.375. The highest BCUT2D eigenvalue weighted by molar-refractivity contribution is 5.86. The lowest BCUT2D eigenvalue weighted by molar-refractivity contribution is -0.139. The average molecular weight is 383 g/mol. The molecule has 0 atom stereocenters. The molecule has 2 rings (SSSR count). The van der Waals surface area contributed by atoms with Gasteiger partial charge in [-0.2, -0.15) is 0 Å². The number of benzene rings is 2. The van der Waals surface area contributed by atoms with E-state index in [0.717, 1.165) is 35.3 Å². The van der Waals surface area contributed by atoms with Crippen LogP contribution in [0.3, 0.4) is 0 Å². The number of rotatable bonds is 10. The van der Waals surface area contributed by atoms with E-state index in [1.54, 1.807) is 6.92 Å². The molecule has 1 N–H and O–H groups in total. The highest BCUT2D eigenvalue weighted by Crippen LogP contribution is 2.34. The van der Waals surface area contributed by atoms with Crippen molar-refractivity contribution < 1.29 is 19.4 Å². The molecule has 0 amide bonds. The molecule has 2 aromatic carbocycles. The zero-order valence-electron chi connectivity index (χ0n) is 17.1. The molecule has 0 heterocycles. The summed E-state index contributed by atoms with van der Waals surface area (Å²) in [6.45, 7) is 9.96. The van der Waals surface area contributed by atoms with Gasteiger partial charge in [0.15, 0.2) is 0 Å². The van der Waals surface area contributed by atoms with Crippen molar-refractivity contribution in [2.45, 2.75) is 40.0 Å². The highest BCUT2D eigenvalue weighted by atomic mass is 16.6. The Balaban J connectivity index is 2.23. The number of aryl methyl sites for hydroxylation is 2. The van der Waals surface area contributed by atoms with Crippen molar-refractivity contribution in [3.63, 3.8) is 0 Å². The zero-order valence-corrected chi connectivity index (χ0v) is 17.1. The molecule has 4 nitrogen and oxygen atoms in total. The van der Waals surface area contributed by atoms with Crippen LogP contribution in [0.25, 0.3) is 11.1 Å². The summed E-state index contributed by atoms with van der Waals surface area (Å²) in [5, 5.41) is 9.24. The molecule has 0 aliphatic rings. The van der Waals surface area contributed by atoms with E-state index >= 15 is 0 Å². The Hall–Kier alpha value is -2.59. The van der Waals surface area contributed by atoms with Crippen molar-refractivity contribution in [1.29, 1.82) is 0 Å². The van der Waals surface area contributed by atoms with Crippen molar-refractivity contribution in [1.82, 2.24) is 0 Å². The number of hydrogen-bond donors (Lipinski definition) is 1. The number of carbonyl (C=O) groups is 1. The summed E-state index contributed by atoms with van der Waals surface area (Å²) in [5.74, 6) is 0.309. The quantitative estimate of drug-likeness (QED) is 0.369. The summed E-state index contributed by atoms with van der Waals surface area (Å²) in [5.41, 5.74) is 6.00. The number of carbonyl (C=O) groups excluding carboxylic acids is 1. The SMILES string of the molecule is C=C(C)C(=O)OCCOc1cc(CCO)ccc1-c1ccc(CCC)cc1C. The van der Waals surface area contributed by atoms with E-state index in [0.29, 0.717) is 12.0 Å². The molecule has 28 heavy (non-hydrogen) atoms. The van der Waals surface area contributed by atoms with E-state index in [2.05, 4.69) is 38.6 Å². The van der Waals surface area contributed by atoms with Crippen LogP contribution in [-0.2, 0) is 22.4 Å². The van der Waals surface area contributed by atoms with Gasteiger partial charge in [0.2, 0.25) is 0 Å². The third-order valence-electron chi connectivity index (χ3n) is 4.49. The molecule has 0 radical (unpaired) electrons. The van der Waals surface area contributed by atoms with Crippen LogP contribution in [-0.4, -0.2) is 30.9 Å². The van der Waals surface area contributed by atoms with Crippen LogP contribution in [0.5, 0.6) is 5.75 Å². The fourth-order valence-electron chi connectivity index (χ4n) is 3.07. The normalized spacial score (nSPS) is 10.6. The van der Waals surface area contributed by atoms with Gasteiger partial charge in [-0.3, -0.25) is 0 Å². The Morgan fingerprint density at radius 2 is 1.71 bits per heavy atom. The fourth-order valence-corrected chi connectivity index (χ4v) is 3.07. The Morgan fingerprint density at radius 1 is 1.04 bits per heavy atom. The van der Waals surface area contributed by atoms with Crippen LogP contribution in [0.15, 0.2) is 48.6 Å². The molecule has 0 aromatic heterocycles. The molecule has 0 saturated carbocycles. The van der Waals surface area contributed by atoms with Gasteiger partial charge in [0, 0.05) is 17.7 Å². The standard InChI is InChI=1S/C24H30O4/c1-5-6-19-7-9-21(18(4)15-19)22-10-8-20(11-12-25)16-23(22)27-13-14-28-24(26)17(2)3/h7-10,15-16,25H,2,5-6,11-14H2,1,3-4H3. The average Bonchev–Trinajstić information content (AvgIpc) is 2.66. The van der Waals surface area contributed by atoms with Crippen LogP contribution < -0.4 is 4.74 Å². The molecule has 0 unspecified atom stereocenters. The van der Waals surface area contributed by atoms with Crippen LogP contribution in [0, 0.1) is 6.92 Å². The third-order valence-corrected chi connectivity index (χ3v) is 4.49. The van der Waals surface area contributed by atoms with Crippen molar-refractivity contribution in [3.8, 4) is 16.9 Å². The van der Waals surface area contributed by atoms with E-state index < -0.39 is 5.97 Å². The van der Waals surface area contributed by atoms with E-state index in [1.807, 2.05) is 18.2 Å². The van der Waals surface area contributed by atoms with Gasteiger partial charge in [-0.25, -0.2) is 4.79 Å². The lowest BCUT2D eigenvalue weighted by Crippen LogP contribution is -2.13. The summed E-state index contributed by atoms with van der Waals surface area (Å²) in [4.78, 5) is 11.5. The van der Waals surface area contributed by atoms with E-state index in [9.17, 15) is 9.90 Å². The molecular formula is C24H30O4. The maximum absolute atomic E-state index is 11.5. The number of aliphatic hydroxyl groups excluding tert-OH is 1. The minimum Gasteiger partial charge on any atom is -0.489 e.